The number of nitrogens with one attached hydrogen (secondary N) is 1. The predicted octanol–water partition coefficient (Wildman–Crippen LogP) is 2.76. The van der Waals surface area contributed by atoms with Gasteiger partial charge in [0, 0.05) is 44.3 Å². The van der Waals surface area contributed by atoms with Crippen LogP contribution in [0.2, 0.25) is 0 Å². The number of pyridine rings is 1. The van der Waals surface area contributed by atoms with Crippen LogP contribution in [0.3, 0.4) is 0 Å². The lowest BCUT2D eigenvalue weighted by molar-refractivity contribution is 0.229. The molecule has 0 unspecified atom stereocenters. The Morgan fingerprint density at radius 3 is 2.67 bits per heavy atom. The molecule has 0 radical (unpaired) electrons. The first-order valence-corrected chi connectivity index (χ1v) is 8.02. The van der Waals surface area contributed by atoms with Crippen molar-refractivity contribution in [3.8, 4) is 0 Å². The third-order valence-corrected chi connectivity index (χ3v) is 3.97. The van der Waals surface area contributed by atoms with Gasteiger partial charge in [-0.2, -0.15) is 0 Å². The average molecular weight is 325 g/mol. The highest BCUT2D eigenvalue weighted by Crippen LogP contribution is 2.24. The lowest BCUT2D eigenvalue weighted by atomic mass is 10.2. The Hall–Kier alpha value is -2.60. The van der Waals surface area contributed by atoms with Crippen LogP contribution in [0.15, 0.2) is 42.6 Å². The van der Waals surface area contributed by atoms with E-state index in [2.05, 4.69) is 21.3 Å². The van der Waals surface area contributed by atoms with E-state index in [9.17, 15) is 4.79 Å². The summed E-state index contributed by atoms with van der Waals surface area (Å²) in [5.41, 5.74) is 2.99. The van der Waals surface area contributed by atoms with Crippen molar-refractivity contribution in [3.05, 3.63) is 48.2 Å². The molecular formula is C18H23N5O. The van der Waals surface area contributed by atoms with Crippen LogP contribution in [0.1, 0.15) is 5.56 Å². The molecule has 6 heteroatoms. The van der Waals surface area contributed by atoms with E-state index in [0.717, 1.165) is 36.8 Å². The molecule has 2 heterocycles. The fourth-order valence-corrected chi connectivity index (χ4v) is 2.74. The van der Waals surface area contributed by atoms with E-state index in [1.165, 1.54) is 5.56 Å². The van der Waals surface area contributed by atoms with E-state index in [1.807, 2.05) is 57.7 Å². The van der Waals surface area contributed by atoms with Gasteiger partial charge in [0.05, 0.1) is 0 Å². The summed E-state index contributed by atoms with van der Waals surface area (Å²) < 4.78 is 0. The summed E-state index contributed by atoms with van der Waals surface area (Å²) in [7, 11) is 5.90. The number of benzene rings is 1. The second-order valence-corrected chi connectivity index (χ2v) is 6.32. The van der Waals surface area contributed by atoms with Gasteiger partial charge in [-0.1, -0.05) is 12.1 Å². The van der Waals surface area contributed by atoms with E-state index in [1.54, 1.807) is 9.80 Å². The first-order chi connectivity index (χ1) is 11.5. The maximum atomic E-state index is 12.1. The summed E-state index contributed by atoms with van der Waals surface area (Å²) in [4.78, 5) is 22.2. The molecular weight excluding hydrogens is 302 g/mol. The molecule has 1 aromatic heterocycles. The molecule has 1 aliphatic heterocycles. The summed E-state index contributed by atoms with van der Waals surface area (Å²) in [5, 5.41) is 3.30. The van der Waals surface area contributed by atoms with Crippen molar-refractivity contribution in [2.24, 2.45) is 0 Å². The molecule has 2 amide bonds. The van der Waals surface area contributed by atoms with E-state index in [-0.39, 0.29) is 6.03 Å². The molecule has 0 atom stereocenters. The molecule has 1 N–H and O–H groups in total. The normalized spacial score (nSPS) is 14.6. The second kappa shape index (κ2) is 6.88. The summed E-state index contributed by atoms with van der Waals surface area (Å²) in [6, 6.07) is 11.9. The highest BCUT2D eigenvalue weighted by Gasteiger charge is 2.26. The van der Waals surface area contributed by atoms with Crippen LogP contribution < -0.4 is 10.2 Å². The Bertz CT molecular complexity index is 714. The number of urea groups is 1. The van der Waals surface area contributed by atoms with Gasteiger partial charge in [-0.05, 0) is 43.9 Å². The Morgan fingerprint density at radius 2 is 2.04 bits per heavy atom. The Labute approximate surface area is 142 Å². The molecule has 1 saturated heterocycles. The lowest BCUT2D eigenvalue weighted by Gasteiger charge is -2.17. The van der Waals surface area contributed by atoms with Gasteiger partial charge in [0.25, 0.3) is 0 Å². The molecule has 3 rings (SSSR count). The SMILES string of the molecule is CN(C)Cc1ccc(Nc2cccc(N3CCN(C)C3=O)c2)nc1. The molecule has 0 aliphatic carbocycles. The van der Waals surface area contributed by atoms with Gasteiger partial charge < -0.3 is 15.1 Å². The number of anilines is 3. The van der Waals surface area contributed by atoms with E-state index in [0.29, 0.717) is 0 Å². The van der Waals surface area contributed by atoms with Gasteiger partial charge in [0.2, 0.25) is 0 Å². The highest BCUT2D eigenvalue weighted by molar-refractivity contribution is 5.94. The fraction of sp³-hybridized carbons (Fsp3) is 0.333. The minimum Gasteiger partial charge on any atom is -0.340 e. The summed E-state index contributed by atoms with van der Waals surface area (Å²) in [5.74, 6) is 0.791. The number of amides is 2. The number of hydrogen-bond acceptors (Lipinski definition) is 4. The van der Waals surface area contributed by atoms with Crippen molar-refractivity contribution in [3.63, 3.8) is 0 Å². The summed E-state index contributed by atoms with van der Waals surface area (Å²) in [6.07, 6.45) is 1.88. The third-order valence-electron chi connectivity index (χ3n) is 3.97. The fourth-order valence-electron chi connectivity index (χ4n) is 2.74. The van der Waals surface area contributed by atoms with Gasteiger partial charge in [-0.3, -0.25) is 4.90 Å². The van der Waals surface area contributed by atoms with Crippen molar-refractivity contribution < 1.29 is 4.79 Å². The third kappa shape index (κ3) is 3.65. The van der Waals surface area contributed by atoms with Gasteiger partial charge in [-0.25, -0.2) is 9.78 Å². The lowest BCUT2D eigenvalue weighted by Crippen LogP contribution is -2.29. The molecule has 2 aromatic rings. The monoisotopic (exact) mass is 325 g/mol. The zero-order valence-electron chi connectivity index (χ0n) is 14.4. The molecule has 1 aliphatic rings. The maximum absolute atomic E-state index is 12.1. The number of aromatic nitrogens is 1. The molecule has 0 saturated carbocycles. The molecule has 24 heavy (non-hydrogen) atoms. The van der Waals surface area contributed by atoms with Crippen LogP contribution in [-0.2, 0) is 6.54 Å². The predicted molar refractivity (Wildman–Crippen MR) is 96.7 cm³/mol. The Balaban J connectivity index is 1.72. The van der Waals surface area contributed by atoms with Crippen LogP contribution in [0.4, 0.5) is 22.0 Å². The van der Waals surface area contributed by atoms with Crippen LogP contribution in [0, 0.1) is 0 Å². The number of rotatable bonds is 5. The smallest absolute Gasteiger partial charge is 0.324 e. The van der Waals surface area contributed by atoms with Crippen LogP contribution in [0.5, 0.6) is 0 Å². The Kier molecular flexibility index (Phi) is 4.66. The van der Waals surface area contributed by atoms with Crippen LogP contribution in [0.25, 0.3) is 0 Å². The van der Waals surface area contributed by atoms with Crippen molar-refractivity contribution in [1.29, 1.82) is 0 Å². The molecule has 6 nitrogen and oxygen atoms in total. The molecule has 0 spiro atoms. The van der Waals surface area contributed by atoms with Crippen LogP contribution in [-0.4, -0.2) is 55.0 Å². The average Bonchev–Trinajstić information content (AvgIpc) is 2.89. The van der Waals surface area contributed by atoms with E-state index < -0.39 is 0 Å². The summed E-state index contributed by atoms with van der Waals surface area (Å²) in [6.45, 7) is 2.34. The van der Waals surface area contributed by atoms with E-state index >= 15 is 0 Å². The number of likely N-dealkylation sites (N-methyl/N-ethyl adjacent to an activating group) is 1. The topological polar surface area (TPSA) is 51.7 Å². The van der Waals surface area contributed by atoms with Gasteiger partial charge in [0.15, 0.2) is 0 Å². The van der Waals surface area contributed by atoms with Gasteiger partial charge in [0.1, 0.15) is 5.82 Å². The standard InChI is InChI=1S/C18H23N5O/c1-21(2)13-14-7-8-17(19-12-14)20-15-5-4-6-16(11-15)23-10-9-22(3)18(23)24/h4-8,11-12H,9-10,13H2,1-3H3,(H,19,20). The van der Waals surface area contributed by atoms with Gasteiger partial charge in [-0.15, -0.1) is 0 Å². The molecule has 126 valence electrons. The number of hydrogen-bond donors (Lipinski definition) is 1. The maximum Gasteiger partial charge on any atom is 0.324 e. The Morgan fingerprint density at radius 1 is 1.21 bits per heavy atom. The number of nitrogens with zero attached hydrogens (tertiary/aromatic N) is 4. The van der Waals surface area contributed by atoms with Crippen molar-refractivity contribution in [1.82, 2.24) is 14.8 Å². The second-order valence-electron chi connectivity index (χ2n) is 6.32. The first kappa shape index (κ1) is 16.3. The highest BCUT2D eigenvalue weighted by atomic mass is 16.2. The number of carbonyl (C=O) groups is 1. The zero-order valence-corrected chi connectivity index (χ0v) is 14.4. The van der Waals surface area contributed by atoms with Crippen molar-refractivity contribution >= 4 is 23.2 Å². The number of carbonyl (C=O) groups excluding carboxylic acids is 1. The molecule has 1 aromatic carbocycles. The summed E-state index contributed by atoms with van der Waals surface area (Å²) >= 11 is 0. The minimum absolute atomic E-state index is 0.0401. The molecule has 0 bridgehead atoms. The zero-order chi connectivity index (χ0) is 17.1. The van der Waals surface area contributed by atoms with Crippen LogP contribution >= 0.6 is 0 Å². The van der Waals surface area contributed by atoms with E-state index in [4.69, 9.17) is 0 Å². The van der Waals surface area contributed by atoms with Crippen molar-refractivity contribution in [2.45, 2.75) is 6.54 Å². The van der Waals surface area contributed by atoms with Gasteiger partial charge >= 0.3 is 6.03 Å². The first-order valence-electron chi connectivity index (χ1n) is 8.02. The quantitative estimate of drug-likeness (QED) is 0.918. The minimum atomic E-state index is 0.0401. The largest absolute Gasteiger partial charge is 0.340 e. The van der Waals surface area contributed by atoms with Crippen molar-refractivity contribution in [2.75, 3.05) is 44.4 Å². The molecule has 1 fully saturated rings.